The molecule has 0 unspecified atom stereocenters. The number of rotatable bonds is 11. The first-order valence-electron chi connectivity index (χ1n) is 11.3. The van der Waals surface area contributed by atoms with Gasteiger partial charge in [-0.3, -0.25) is 4.79 Å². The summed E-state index contributed by atoms with van der Waals surface area (Å²) in [5, 5.41) is 4.26. The molecule has 0 fully saturated rings. The smallest absolute Gasteiger partial charge is 0.226 e. The summed E-state index contributed by atoms with van der Waals surface area (Å²) >= 11 is 0. The molecule has 0 bridgehead atoms. The highest BCUT2D eigenvalue weighted by Gasteiger charge is 2.12. The molecule has 35 heavy (non-hydrogen) atoms. The summed E-state index contributed by atoms with van der Waals surface area (Å²) < 4.78 is 11.7. The number of aromatic nitrogens is 1. The predicted octanol–water partition coefficient (Wildman–Crippen LogP) is 5.42. The van der Waals surface area contributed by atoms with Crippen molar-refractivity contribution in [2.45, 2.75) is 33.0 Å². The van der Waals surface area contributed by atoms with Gasteiger partial charge < -0.3 is 19.7 Å². The van der Waals surface area contributed by atoms with Gasteiger partial charge in [-0.2, -0.15) is 0 Å². The minimum atomic E-state index is -0.374. The van der Waals surface area contributed by atoms with E-state index in [4.69, 9.17) is 19.7 Å². The topological polar surface area (TPSA) is 99.9 Å². The number of primary amides is 1. The van der Waals surface area contributed by atoms with E-state index in [0.717, 1.165) is 28.1 Å². The van der Waals surface area contributed by atoms with Gasteiger partial charge in [0, 0.05) is 18.4 Å². The molecule has 0 aliphatic heterocycles. The van der Waals surface area contributed by atoms with Crippen molar-refractivity contribution in [2.24, 2.45) is 10.9 Å². The van der Waals surface area contributed by atoms with Crippen molar-refractivity contribution in [3.63, 3.8) is 0 Å². The van der Waals surface area contributed by atoms with Gasteiger partial charge in [-0.15, -0.1) is 0 Å². The number of hydrogen-bond acceptors (Lipinski definition) is 6. The molecule has 7 heteroatoms. The Labute approximate surface area is 204 Å². The molecule has 4 aromatic rings. The molecule has 3 aromatic carbocycles. The zero-order chi connectivity index (χ0) is 24.5. The van der Waals surface area contributed by atoms with Gasteiger partial charge in [0.05, 0.1) is 5.71 Å². The highest BCUT2D eigenvalue weighted by molar-refractivity contribution is 6.01. The molecule has 0 saturated heterocycles. The van der Waals surface area contributed by atoms with Crippen LogP contribution in [0.2, 0.25) is 0 Å². The molecule has 0 spiro atoms. The third-order valence-electron chi connectivity index (χ3n) is 5.33. The number of hydrogen-bond donors (Lipinski definition) is 1. The molecule has 1 heterocycles. The van der Waals surface area contributed by atoms with Gasteiger partial charge in [-0.1, -0.05) is 65.8 Å². The maximum Gasteiger partial charge on any atom is 0.226 e. The minimum Gasteiger partial charge on any atom is -0.487 e. The lowest BCUT2D eigenvalue weighted by Crippen LogP contribution is -2.13. The van der Waals surface area contributed by atoms with Crippen LogP contribution >= 0.6 is 0 Å². The summed E-state index contributed by atoms with van der Waals surface area (Å²) in [4.78, 5) is 21.3. The molecule has 0 saturated carbocycles. The number of oxazole rings is 1. The van der Waals surface area contributed by atoms with Crippen LogP contribution in [0.4, 0.5) is 0 Å². The molecule has 178 valence electrons. The summed E-state index contributed by atoms with van der Waals surface area (Å²) in [6, 6.07) is 27.0. The van der Waals surface area contributed by atoms with Crippen molar-refractivity contribution in [2.75, 3.05) is 0 Å². The first-order valence-corrected chi connectivity index (χ1v) is 11.3. The van der Waals surface area contributed by atoms with Gasteiger partial charge in [-0.25, -0.2) is 4.98 Å². The maximum absolute atomic E-state index is 11.2. The van der Waals surface area contributed by atoms with Crippen molar-refractivity contribution in [3.05, 3.63) is 108 Å². The normalized spacial score (nSPS) is 11.3. The van der Waals surface area contributed by atoms with Gasteiger partial charge in [0.2, 0.25) is 11.8 Å². The van der Waals surface area contributed by atoms with Crippen LogP contribution in [0.15, 0.2) is 94.5 Å². The lowest BCUT2D eigenvalue weighted by atomic mass is 10.1. The van der Waals surface area contributed by atoms with E-state index < -0.39 is 0 Å². The van der Waals surface area contributed by atoms with Gasteiger partial charge in [0.25, 0.3) is 0 Å². The van der Waals surface area contributed by atoms with Crippen LogP contribution in [0.1, 0.15) is 35.4 Å². The number of carbonyl (C=O) groups is 1. The quantitative estimate of drug-likeness (QED) is 0.234. The highest BCUT2D eigenvalue weighted by atomic mass is 16.6. The fraction of sp³-hybridized carbons (Fsp3) is 0.179. The average molecular weight is 470 g/mol. The van der Waals surface area contributed by atoms with Crippen LogP contribution in [-0.4, -0.2) is 16.6 Å². The summed E-state index contributed by atoms with van der Waals surface area (Å²) in [5.41, 5.74) is 9.50. The van der Waals surface area contributed by atoms with E-state index in [1.54, 1.807) is 0 Å². The van der Waals surface area contributed by atoms with Gasteiger partial charge >= 0.3 is 0 Å². The Kier molecular flexibility index (Phi) is 7.91. The molecule has 1 aromatic heterocycles. The standard InChI is InChI=1S/C28H27N3O4/c1-20-26(30-28(35-20)23-10-6-3-7-11-23)19-33-24-14-12-21(13-15-24)18-34-31-25(16-17-27(29)32)22-8-4-2-5-9-22/h2-15H,16-19H2,1H3,(H2,29,32)/b31-25-. The Balaban J connectivity index is 1.32. The Morgan fingerprint density at radius 2 is 1.60 bits per heavy atom. The van der Waals surface area contributed by atoms with Gasteiger partial charge in [-0.05, 0) is 42.3 Å². The van der Waals surface area contributed by atoms with E-state index in [1.165, 1.54) is 0 Å². The summed E-state index contributed by atoms with van der Waals surface area (Å²) in [7, 11) is 0. The van der Waals surface area contributed by atoms with Crippen LogP contribution in [0.25, 0.3) is 11.5 Å². The molecule has 0 radical (unpaired) electrons. The fourth-order valence-corrected chi connectivity index (χ4v) is 3.40. The fourth-order valence-electron chi connectivity index (χ4n) is 3.40. The zero-order valence-corrected chi connectivity index (χ0v) is 19.5. The van der Waals surface area contributed by atoms with E-state index >= 15 is 0 Å². The molecular formula is C28H27N3O4. The van der Waals surface area contributed by atoms with E-state index in [-0.39, 0.29) is 18.9 Å². The zero-order valence-electron chi connectivity index (χ0n) is 19.5. The number of benzene rings is 3. The third-order valence-corrected chi connectivity index (χ3v) is 5.33. The van der Waals surface area contributed by atoms with Crippen LogP contribution in [-0.2, 0) is 22.8 Å². The molecule has 2 N–H and O–H groups in total. The van der Waals surface area contributed by atoms with Crippen LogP contribution in [0.3, 0.4) is 0 Å². The largest absolute Gasteiger partial charge is 0.487 e. The molecule has 1 amide bonds. The molecule has 0 aliphatic rings. The molecule has 7 nitrogen and oxygen atoms in total. The van der Waals surface area contributed by atoms with E-state index in [0.29, 0.717) is 30.4 Å². The SMILES string of the molecule is Cc1oc(-c2ccccc2)nc1COc1ccc(CO/N=C(/CCC(N)=O)c2ccccc2)cc1. The number of carbonyl (C=O) groups excluding carboxylic acids is 1. The number of aryl methyl sites for hydroxylation is 1. The second-order valence-corrected chi connectivity index (χ2v) is 7.96. The van der Waals surface area contributed by atoms with Crippen molar-refractivity contribution in [3.8, 4) is 17.2 Å². The number of ether oxygens (including phenoxy) is 1. The first-order chi connectivity index (χ1) is 17.1. The van der Waals surface area contributed by atoms with Crippen LogP contribution in [0.5, 0.6) is 5.75 Å². The monoisotopic (exact) mass is 469 g/mol. The number of oxime groups is 1. The summed E-state index contributed by atoms with van der Waals surface area (Å²) in [6.07, 6.45) is 0.626. The molecule has 4 rings (SSSR count). The van der Waals surface area contributed by atoms with Crippen molar-refractivity contribution >= 4 is 11.6 Å². The van der Waals surface area contributed by atoms with E-state index in [2.05, 4.69) is 10.1 Å². The lowest BCUT2D eigenvalue weighted by molar-refractivity contribution is -0.117. The first kappa shape index (κ1) is 23.8. The second kappa shape index (κ2) is 11.7. The second-order valence-electron chi connectivity index (χ2n) is 7.96. The lowest BCUT2D eigenvalue weighted by Gasteiger charge is -2.08. The Morgan fingerprint density at radius 3 is 2.29 bits per heavy atom. The number of nitrogens with two attached hydrogens (primary N) is 1. The van der Waals surface area contributed by atoms with Crippen LogP contribution in [0, 0.1) is 6.92 Å². The third kappa shape index (κ3) is 6.80. The van der Waals surface area contributed by atoms with Gasteiger partial charge in [0.15, 0.2) is 0 Å². The van der Waals surface area contributed by atoms with Crippen molar-refractivity contribution in [1.29, 1.82) is 0 Å². The van der Waals surface area contributed by atoms with Crippen LogP contribution < -0.4 is 10.5 Å². The molecular weight excluding hydrogens is 442 g/mol. The molecule has 0 atom stereocenters. The Bertz CT molecular complexity index is 1270. The maximum atomic E-state index is 11.2. The van der Waals surface area contributed by atoms with E-state index in [1.807, 2.05) is 91.9 Å². The van der Waals surface area contributed by atoms with Crippen molar-refractivity contribution in [1.82, 2.24) is 4.98 Å². The Hall–Kier alpha value is -4.39. The minimum absolute atomic E-state index is 0.209. The van der Waals surface area contributed by atoms with Gasteiger partial charge in [0.1, 0.15) is 30.4 Å². The number of amides is 1. The van der Waals surface area contributed by atoms with Crippen molar-refractivity contribution < 1.29 is 18.8 Å². The predicted molar refractivity (Wildman–Crippen MR) is 134 cm³/mol. The summed E-state index contributed by atoms with van der Waals surface area (Å²) in [5.74, 6) is 1.66. The average Bonchev–Trinajstić information content (AvgIpc) is 3.27. The molecule has 0 aliphatic carbocycles. The Morgan fingerprint density at radius 1 is 0.914 bits per heavy atom. The highest BCUT2D eigenvalue weighted by Crippen LogP contribution is 2.23. The number of nitrogens with zero attached hydrogens (tertiary/aromatic N) is 2. The summed E-state index contributed by atoms with van der Waals surface area (Å²) in [6.45, 7) is 2.48. The van der Waals surface area contributed by atoms with E-state index in [9.17, 15) is 4.79 Å².